The Kier molecular flexibility index (Phi) is 5.66. The summed E-state index contributed by atoms with van der Waals surface area (Å²) in [6.45, 7) is 2.07. The second kappa shape index (κ2) is 7.04. The fourth-order valence-electron chi connectivity index (χ4n) is 1.70. The topological polar surface area (TPSA) is 38.7 Å². The smallest absolute Gasteiger partial charge is 0.138 e. The summed E-state index contributed by atoms with van der Waals surface area (Å²) in [4.78, 5) is 0. The molecule has 1 aromatic carbocycles. The molecular weight excluding hydrogens is 307 g/mol. The Bertz CT molecular complexity index is 419. The van der Waals surface area contributed by atoms with Crippen LogP contribution in [0.5, 0.6) is 5.75 Å². The molecule has 1 fully saturated rings. The molecule has 0 aliphatic carbocycles. The standard InChI is InChI=1S/C13H16Cl2O3S/c14-10-1-2-12(11(15)5-10)18-3-4-19-9-13(6-16)7-17-8-13/h1-2,5,16H,3-4,6-9H2. The highest BCUT2D eigenvalue weighted by molar-refractivity contribution is 7.99. The van der Waals surface area contributed by atoms with Gasteiger partial charge in [0.15, 0.2) is 0 Å². The molecule has 1 aromatic rings. The molecule has 1 N–H and O–H groups in total. The molecule has 3 nitrogen and oxygen atoms in total. The van der Waals surface area contributed by atoms with E-state index in [0.717, 1.165) is 11.5 Å². The maximum Gasteiger partial charge on any atom is 0.138 e. The third kappa shape index (κ3) is 4.17. The van der Waals surface area contributed by atoms with Gasteiger partial charge >= 0.3 is 0 Å². The zero-order chi connectivity index (χ0) is 13.7. The van der Waals surface area contributed by atoms with Gasteiger partial charge in [-0.05, 0) is 18.2 Å². The number of ether oxygens (including phenoxy) is 2. The number of halogens is 2. The minimum atomic E-state index is -0.0391. The van der Waals surface area contributed by atoms with Crippen LogP contribution in [0, 0.1) is 5.41 Å². The third-order valence-electron chi connectivity index (χ3n) is 2.94. The van der Waals surface area contributed by atoms with Crippen molar-refractivity contribution in [3.8, 4) is 5.75 Å². The van der Waals surface area contributed by atoms with E-state index in [1.165, 1.54) is 0 Å². The van der Waals surface area contributed by atoms with Crippen LogP contribution in [0.1, 0.15) is 0 Å². The SMILES string of the molecule is OCC1(CSCCOc2ccc(Cl)cc2Cl)COC1. The fraction of sp³-hybridized carbons (Fsp3) is 0.538. The van der Waals surface area contributed by atoms with Crippen molar-refractivity contribution in [2.24, 2.45) is 5.41 Å². The summed E-state index contributed by atoms with van der Waals surface area (Å²) in [7, 11) is 0. The Hall–Kier alpha value is -0.130. The Morgan fingerprint density at radius 3 is 2.74 bits per heavy atom. The molecule has 6 heteroatoms. The largest absolute Gasteiger partial charge is 0.491 e. The van der Waals surface area contributed by atoms with Crippen LogP contribution >= 0.6 is 35.0 Å². The first-order valence-corrected chi connectivity index (χ1v) is 7.90. The van der Waals surface area contributed by atoms with Gasteiger partial charge in [-0.3, -0.25) is 0 Å². The summed E-state index contributed by atoms with van der Waals surface area (Å²) in [5.74, 6) is 2.39. The Labute approximate surface area is 127 Å². The summed E-state index contributed by atoms with van der Waals surface area (Å²) in [5.41, 5.74) is -0.0391. The van der Waals surface area contributed by atoms with Gasteiger partial charge < -0.3 is 14.6 Å². The lowest BCUT2D eigenvalue weighted by Crippen LogP contribution is -2.47. The molecule has 1 aliphatic heterocycles. The van der Waals surface area contributed by atoms with E-state index in [4.69, 9.17) is 32.7 Å². The van der Waals surface area contributed by atoms with Gasteiger partial charge in [0, 0.05) is 21.9 Å². The maximum absolute atomic E-state index is 9.28. The Morgan fingerprint density at radius 1 is 1.37 bits per heavy atom. The van der Waals surface area contributed by atoms with Crippen molar-refractivity contribution >= 4 is 35.0 Å². The minimum absolute atomic E-state index is 0.0391. The quantitative estimate of drug-likeness (QED) is 0.783. The van der Waals surface area contributed by atoms with Crippen molar-refractivity contribution in [3.63, 3.8) is 0 Å². The van der Waals surface area contributed by atoms with Crippen molar-refractivity contribution in [2.45, 2.75) is 0 Å². The first kappa shape index (κ1) is 15.3. The van der Waals surface area contributed by atoms with Gasteiger partial charge in [0.05, 0.1) is 31.5 Å². The molecule has 19 heavy (non-hydrogen) atoms. The number of rotatable bonds is 7. The van der Waals surface area contributed by atoms with E-state index in [1.54, 1.807) is 30.0 Å². The number of aliphatic hydroxyl groups is 1. The van der Waals surface area contributed by atoms with Crippen LogP contribution < -0.4 is 4.74 Å². The molecule has 1 heterocycles. The Balaban J connectivity index is 1.66. The zero-order valence-electron chi connectivity index (χ0n) is 10.4. The lowest BCUT2D eigenvalue weighted by Gasteiger charge is -2.39. The molecule has 0 radical (unpaired) electrons. The molecule has 0 amide bonds. The predicted molar refractivity (Wildman–Crippen MR) is 79.6 cm³/mol. The van der Waals surface area contributed by atoms with E-state index in [0.29, 0.717) is 35.6 Å². The number of thioether (sulfide) groups is 1. The van der Waals surface area contributed by atoms with Gasteiger partial charge in [-0.15, -0.1) is 0 Å². The monoisotopic (exact) mass is 322 g/mol. The van der Waals surface area contributed by atoms with E-state index in [9.17, 15) is 5.11 Å². The zero-order valence-corrected chi connectivity index (χ0v) is 12.7. The highest BCUT2D eigenvalue weighted by Gasteiger charge is 2.37. The van der Waals surface area contributed by atoms with E-state index in [2.05, 4.69) is 0 Å². The van der Waals surface area contributed by atoms with Crippen LogP contribution in [0.4, 0.5) is 0 Å². The average molecular weight is 323 g/mol. The second-order valence-corrected chi connectivity index (χ2v) is 6.58. The van der Waals surface area contributed by atoms with Crippen molar-refractivity contribution in [1.29, 1.82) is 0 Å². The van der Waals surface area contributed by atoms with E-state index in [-0.39, 0.29) is 12.0 Å². The van der Waals surface area contributed by atoms with Gasteiger partial charge in [-0.25, -0.2) is 0 Å². The summed E-state index contributed by atoms with van der Waals surface area (Å²) in [6, 6.07) is 5.19. The molecule has 0 saturated carbocycles. The molecule has 2 rings (SSSR count). The van der Waals surface area contributed by atoms with Crippen LogP contribution in [0.3, 0.4) is 0 Å². The van der Waals surface area contributed by atoms with E-state index in [1.807, 2.05) is 0 Å². The van der Waals surface area contributed by atoms with Crippen LogP contribution in [0.15, 0.2) is 18.2 Å². The molecular formula is C13H16Cl2O3S. The third-order valence-corrected chi connectivity index (χ3v) is 4.74. The van der Waals surface area contributed by atoms with Gasteiger partial charge in [0.1, 0.15) is 5.75 Å². The van der Waals surface area contributed by atoms with Gasteiger partial charge in [0.2, 0.25) is 0 Å². The molecule has 1 aliphatic rings. The lowest BCUT2D eigenvalue weighted by molar-refractivity contribution is -0.121. The summed E-state index contributed by atoms with van der Waals surface area (Å²) in [5, 5.41) is 10.4. The number of benzene rings is 1. The van der Waals surface area contributed by atoms with Crippen LogP contribution in [-0.2, 0) is 4.74 Å². The van der Waals surface area contributed by atoms with Crippen molar-refractivity contribution < 1.29 is 14.6 Å². The Morgan fingerprint density at radius 2 is 2.16 bits per heavy atom. The van der Waals surface area contributed by atoms with E-state index >= 15 is 0 Å². The summed E-state index contributed by atoms with van der Waals surface area (Å²) < 4.78 is 10.7. The second-order valence-electron chi connectivity index (χ2n) is 4.63. The van der Waals surface area contributed by atoms with Crippen LogP contribution in [0.2, 0.25) is 10.0 Å². The minimum Gasteiger partial charge on any atom is -0.491 e. The molecule has 0 unspecified atom stereocenters. The number of hydrogen-bond acceptors (Lipinski definition) is 4. The molecule has 106 valence electrons. The highest BCUT2D eigenvalue weighted by atomic mass is 35.5. The number of aliphatic hydroxyl groups excluding tert-OH is 1. The molecule has 0 atom stereocenters. The summed E-state index contributed by atoms with van der Waals surface area (Å²) in [6.07, 6.45) is 0. The van der Waals surface area contributed by atoms with Gasteiger partial charge in [0.25, 0.3) is 0 Å². The lowest BCUT2D eigenvalue weighted by atomic mass is 9.90. The first-order valence-electron chi connectivity index (χ1n) is 5.99. The molecule has 0 bridgehead atoms. The normalized spacial score (nSPS) is 17.0. The average Bonchev–Trinajstić information content (AvgIpc) is 2.34. The van der Waals surface area contributed by atoms with Gasteiger partial charge in [-0.1, -0.05) is 23.2 Å². The van der Waals surface area contributed by atoms with Crippen molar-refractivity contribution in [3.05, 3.63) is 28.2 Å². The van der Waals surface area contributed by atoms with Crippen molar-refractivity contribution in [2.75, 3.05) is 37.9 Å². The summed E-state index contributed by atoms with van der Waals surface area (Å²) >= 11 is 13.6. The maximum atomic E-state index is 9.28. The van der Waals surface area contributed by atoms with E-state index < -0.39 is 0 Å². The van der Waals surface area contributed by atoms with Crippen LogP contribution in [0.25, 0.3) is 0 Å². The predicted octanol–water partition coefficient (Wildman–Crippen LogP) is 3.11. The molecule has 1 saturated heterocycles. The molecule has 0 spiro atoms. The number of hydrogen-bond donors (Lipinski definition) is 1. The van der Waals surface area contributed by atoms with Crippen LogP contribution in [-0.4, -0.2) is 43.0 Å². The fourth-order valence-corrected chi connectivity index (χ4v) is 3.20. The molecule has 0 aromatic heterocycles. The highest BCUT2D eigenvalue weighted by Crippen LogP contribution is 2.31. The first-order chi connectivity index (χ1) is 9.15. The van der Waals surface area contributed by atoms with Gasteiger partial charge in [-0.2, -0.15) is 11.8 Å². The van der Waals surface area contributed by atoms with Crippen molar-refractivity contribution in [1.82, 2.24) is 0 Å².